The lowest BCUT2D eigenvalue weighted by Crippen LogP contribution is -2.18. The number of hydrogen-bond acceptors (Lipinski definition) is 3. The summed E-state index contributed by atoms with van der Waals surface area (Å²) in [7, 11) is 0. The second-order valence-corrected chi connectivity index (χ2v) is 4.74. The molecule has 0 aliphatic carbocycles. The van der Waals surface area contributed by atoms with Crippen molar-refractivity contribution in [1.29, 1.82) is 0 Å². The summed E-state index contributed by atoms with van der Waals surface area (Å²) >= 11 is 0. The predicted molar refractivity (Wildman–Crippen MR) is 75.8 cm³/mol. The maximum Gasteiger partial charge on any atom is 0.224 e. The van der Waals surface area contributed by atoms with Gasteiger partial charge in [0.25, 0.3) is 0 Å². The van der Waals surface area contributed by atoms with Gasteiger partial charge in [-0.15, -0.1) is 0 Å². The molecule has 0 radical (unpaired) electrons. The van der Waals surface area contributed by atoms with Gasteiger partial charge in [-0.25, -0.2) is 0 Å². The van der Waals surface area contributed by atoms with Crippen molar-refractivity contribution in [1.82, 2.24) is 0 Å². The van der Waals surface area contributed by atoms with E-state index in [1.165, 1.54) is 0 Å². The van der Waals surface area contributed by atoms with Crippen LogP contribution in [-0.2, 0) is 17.8 Å². The Morgan fingerprint density at radius 3 is 2.85 bits per heavy atom. The molecule has 0 bridgehead atoms. The minimum atomic E-state index is -0.0584. The average Bonchev–Trinajstić information content (AvgIpc) is 2.48. The van der Waals surface area contributed by atoms with Crippen LogP contribution in [0.4, 0.5) is 5.69 Å². The number of aliphatic hydroxyl groups excluding tert-OH is 1. The zero-order valence-corrected chi connectivity index (χ0v) is 10.9. The smallest absolute Gasteiger partial charge is 0.224 e. The second-order valence-electron chi connectivity index (χ2n) is 4.74. The summed E-state index contributed by atoms with van der Waals surface area (Å²) in [5.74, 6) is 1.41. The third-order valence-electron chi connectivity index (χ3n) is 3.34. The van der Waals surface area contributed by atoms with Crippen molar-refractivity contribution < 1.29 is 14.6 Å². The number of rotatable bonds is 3. The Kier molecular flexibility index (Phi) is 3.39. The molecule has 0 saturated heterocycles. The van der Waals surface area contributed by atoms with Gasteiger partial charge < -0.3 is 15.2 Å². The van der Waals surface area contributed by atoms with E-state index in [1.807, 2.05) is 42.5 Å². The molecule has 1 aliphatic heterocycles. The summed E-state index contributed by atoms with van der Waals surface area (Å²) in [5, 5.41) is 12.1. The number of aryl methyl sites for hydroxylation is 1. The summed E-state index contributed by atoms with van der Waals surface area (Å²) in [5.41, 5.74) is 2.67. The Balaban J connectivity index is 1.87. The molecular weight excluding hydrogens is 254 g/mol. The largest absolute Gasteiger partial charge is 0.457 e. The molecule has 2 aromatic rings. The quantitative estimate of drug-likeness (QED) is 0.900. The molecule has 1 heterocycles. The molecule has 4 heteroatoms. The van der Waals surface area contributed by atoms with Gasteiger partial charge in [0.1, 0.15) is 11.5 Å². The number of benzene rings is 2. The van der Waals surface area contributed by atoms with Gasteiger partial charge in [-0.2, -0.15) is 0 Å². The van der Waals surface area contributed by atoms with Crippen molar-refractivity contribution in [3.63, 3.8) is 0 Å². The van der Waals surface area contributed by atoms with Crippen LogP contribution in [0.2, 0.25) is 0 Å². The minimum absolute atomic E-state index is 0.0526. The standard InChI is InChI=1S/C16H15NO3/c18-10-12-3-1-2-4-15(12)20-13-6-7-14-11(9-13)5-8-16(19)17-14/h1-4,6-7,9,18H,5,8,10H2,(H,17,19). The first-order valence-electron chi connectivity index (χ1n) is 6.55. The lowest BCUT2D eigenvalue weighted by atomic mass is 10.0. The number of carbonyl (C=O) groups is 1. The molecule has 0 fully saturated rings. The Labute approximate surface area is 117 Å². The molecule has 2 N–H and O–H groups in total. The maximum absolute atomic E-state index is 11.3. The number of carbonyl (C=O) groups excluding carboxylic acids is 1. The molecule has 1 amide bonds. The van der Waals surface area contributed by atoms with Gasteiger partial charge in [0.15, 0.2) is 0 Å². The molecule has 102 valence electrons. The van der Waals surface area contributed by atoms with Gasteiger partial charge in [-0.1, -0.05) is 18.2 Å². The van der Waals surface area contributed by atoms with E-state index in [0.29, 0.717) is 17.9 Å². The van der Waals surface area contributed by atoms with Gasteiger partial charge in [0.2, 0.25) is 5.91 Å². The fourth-order valence-electron chi connectivity index (χ4n) is 2.28. The van der Waals surface area contributed by atoms with E-state index in [2.05, 4.69) is 5.32 Å². The number of para-hydroxylation sites is 1. The van der Waals surface area contributed by atoms with Gasteiger partial charge in [0.05, 0.1) is 6.61 Å². The van der Waals surface area contributed by atoms with Crippen LogP contribution in [0.3, 0.4) is 0 Å². The van der Waals surface area contributed by atoms with Gasteiger partial charge >= 0.3 is 0 Å². The summed E-state index contributed by atoms with van der Waals surface area (Å²) in [4.78, 5) is 11.3. The molecular formula is C16H15NO3. The van der Waals surface area contributed by atoms with Crippen molar-refractivity contribution in [2.75, 3.05) is 5.32 Å². The first-order chi connectivity index (χ1) is 9.76. The Morgan fingerprint density at radius 1 is 1.15 bits per heavy atom. The number of aliphatic hydroxyl groups is 1. The van der Waals surface area contributed by atoms with Gasteiger partial charge in [0, 0.05) is 17.7 Å². The molecule has 0 spiro atoms. The number of fused-ring (bicyclic) bond motifs is 1. The summed E-state index contributed by atoms with van der Waals surface area (Å²) < 4.78 is 5.82. The van der Waals surface area contributed by atoms with Crippen molar-refractivity contribution in [2.24, 2.45) is 0 Å². The van der Waals surface area contributed by atoms with Crippen LogP contribution >= 0.6 is 0 Å². The van der Waals surface area contributed by atoms with E-state index >= 15 is 0 Å². The van der Waals surface area contributed by atoms with E-state index in [0.717, 1.165) is 23.2 Å². The molecule has 20 heavy (non-hydrogen) atoms. The highest BCUT2D eigenvalue weighted by Gasteiger charge is 2.15. The first-order valence-corrected chi connectivity index (χ1v) is 6.55. The van der Waals surface area contributed by atoms with Crippen LogP contribution in [-0.4, -0.2) is 11.0 Å². The number of ether oxygens (including phenoxy) is 1. The van der Waals surface area contributed by atoms with E-state index < -0.39 is 0 Å². The highest BCUT2D eigenvalue weighted by Crippen LogP contribution is 2.30. The molecule has 3 rings (SSSR count). The zero-order valence-electron chi connectivity index (χ0n) is 10.9. The summed E-state index contributed by atoms with van der Waals surface area (Å²) in [6.45, 7) is -0.0584. The minimum Gasteiger partial charge on any atom is -0.457 e. The van der Waals surface area contributed by atoms with E-state index in [9.17, 15) is 9.90 Å². The number of amides is 1. The van der Waals surface area contributed by atoms with Crippen LogP contribution in [0.25, 0.3) is 0 Å². The van der Waals surface area contributed by atoms with Crippen LogP contribution in [0.1, 0.15) is 17.5 Å². The Hall–Kier alpha value is -2.33. The van der Waals surface area contributed by atoms with Gasteiger partial charge in [-0.3, -0.25) is 4.79 Å². The van der Waals surface area contributed by atoms with E-state index in [1.54, 1.807) is 0 Å². The van der Waals surface area contributed by atoms with Crippen LogP contribution in [0.15, 0.2) is 42.5 Å². The lowest BCUT2D eigenvalue weighted by molar-refractivity contribution is -0.116. The van der Waals surface area contributed by atoms with Crippen LogP contribution < -0.4 is 10.1 Å². The Morgan fingerprint density at radius 2 is 2.00 bits per heavy atom. The number of nitrogens with one attached hydrogen (secondary N) is 1. The average molecular weight is 269 g/mol. The fourth-order valence-corrected chi connectivity index (χ4v) is 2.28. The van der Waals surface area contributed by atoms with Crippen molar-refractivity contribution in [2.45, 2.75) is 19.4 Å². The molecule has 0 aromatic heterocycles. The SMILES string of the molecule is O=C1CCc2cc(Oc3ccccc3CO)ccc2N1. The van der Waals surface area contributed by atoms with Crippen molar-refractivity contribution >= 4 is 11.6 Å². The first kappa shape index (κ1) is 12.7. The van der Waals surface area contributed by atoms with Crippen molar-refractivity contribution in [3.8, 4) is 11.5 Å². The normalized spacial score (nSPS) is 13.6. The third kappa shape index (κ3) is 2.51. The molecule has 2 aromatic carbocycles. The molecule has 0 atom stereocenters. The van der Waals surface area contributed by atoms with Gasteiger partial charge in [-0.05, 0) is 36.2 Å². The van der Waals surface area contributed by atoms with E-state index in [4.69, 9.17) is 4.74 Å². The number of hydrogen-bond donors (Lipinski definition) is 2. The lowest BCUT2D eigenvalue weighted by Gasteiger charge is -2.18. The monoisotopic (exact) mass is 269 g/mol. The van der Waals surface area contributed by atoms with Crippen LogP contribution in [0.5, 0.6) is 11.5 Å². The predicted octanol–water partition coefficient (Wildman–Crippen LogP) is 2.86. The van der Waals surface area contributed by atoms with Crippen molar-refractivity contribution in [3.05, 3.63) is 53.6 Å². The molecule has 0 saturated carbocycles. The highest BCUT2D eigenvalue weighted by molar-refractivity contribution is 5.94. The van der Waals surface area contributed by atoms with Crippen LogP contribution in [0, 0.1) is 0 Å². The van der Waals surface area contributed by atoms with E-state index in [-0.39, 0.29) is 12.5 Å². The molecule has 0 unspecified atom stereocenters. The zero-order chi connectivity index (χ0) is 13.9. The summed E-state index contributed by atoms with van der Waals surface area (Å²) in [6, 6.07) is 13.0. The number of anilines is 1. The third-order valence-corrected chi connectivity index (χ3v) is 3.34. The topological polar surface area (TPSA) is 58.6 Å². The fraction of sp³-hybridized carbons (Fsp3) is 0.188. The molecule has 1 aliphatic rings. The molecule has 4 nitrogen and oxygen atoms in total. The summed E-state index contributed by atoms with van der Waals surface area (Å²) in [6.07, 6.45) is 1.23. The Bertz CT molecular complexity index is 652. The maximum atomic E-state index is 11.3. The highest BCUT2D eigenvalue weighted by atomic mass is 16.5. The second kappa shape index (κ2) is 5.35.